The van der Waals surface area contributed by atoms with Crippen LogP contribution in [-0.2, 0) is 14.0 Å². The van der Waals surface area contributed by atoms with E-state index in [4.69, 9.17) is 9.16 Å². The Morgan fingerprint density at radius 1 is 1.20 bits per heavy atom. The van der Waals surface area contributed by atoms with Crippen molar-refractivity contribution < 1.29 is 19.1 Å². The van der Waals surface area contributed by atoms with Crippen molar-refractivity contribution in [1.29, 1.82) is 0 Å². The lowest BCUT2D eigenvalue weighted by atomic mass is 9.83. The molecule has 0 saturated heterocycles. The molecule has 0 rings (SSSR count). The van der Waals surface area contributed by atoms with Crippen molar-refractivity contribution in [2.75, 3.05) is 0 Å². The fourth-order valence-electron chi connectivity index (χ4n) is 3.49. The first kappa shape index (κ1) is 29.1. The summed E-state index contributed by atoms with van der Waals surface area (Å²) in [4.78, 5) is 11.9. The molecule has 0 amide bonds. The van der Waals surface area contributed by atoms with Gasteiger partial charge in [0.1, 0.15) is 6.10 Å². The second kappa shape index (κ2) is 12.8. The molecule has 0 radical (unpaired) electrons. The predicted molar refractivity (Wildman–Crippen MR) is 130 cm³/mol. The molecule has 30 heavy (non-hydrogen) atoms. The van der Waals surface area contributed by atoms with Crippen LogP contribution in [0.5, 0.6) is 0 Å². The highest BCUT2D eigenvalue weighted by atomic mass is 28.4. The van der Waals surface area contributed by atoms with Crippen LogP contribution in [0.4, 0.5) is 0 Å². The first-order valence-corrected chi connectivity index (χ1v) is 14.4. The molecule has 0 aromatic heterocycles. The molecule has 0 aliphatic carbocycles. The number of allylic oxidation sites excluding steroid dienone is 2. The number of hydrogen-bond donors (Lipinski definition) is 1. The summed E-state index contributed by atoms with van der Waals surface area (Å²) in [5, 5.41) is 11.0. The molecule has 0 aliphatic heterocycles. The van der Waals surface area contributed by atoms with Gasteiger partial charge in [-0.2, -0.15) is 0 Å². The van der Waals surface area contributed by atoms with Crippen molar-refractivity contribution in [1.82, 2.24) is 0 Å². The van der Waals surface area contributed by atoms with Crippen LogP contribution in [0.2, 0.25) is 18.1 Å². The molecule has 0 unspecified atom stereocenters. The third-order valence-corrected chi connectivity index (χ3v) is 11.2. The van der Waals surface area contributed by atoms with E-state index in [1.165, 1.54) is 6.92 Å². The Balaban J connectivity index is 5.78. The van der Waals surface area contributed by atoms with Crippen LogP contribution in [0.3, 0.4) is 0 Å². The molecule has 0 fully saturated rings. The SMILES string of the molecule is C=C[C@@H](CC)[C@@H](C[C@@H](OC(C)=O)[C@H](C)[C@H](O)[C@@H](C)C/C=C/C)O[Si](C)(C)C(C)(C)C. The van der Waals surface area contributed by atoms with E-state index < -0.39 is 20.5 Å². The minimum atomic E-state index is -2.03. The Morgan fingerprint density at radius 3 is 2.17 bits per heavy atom. The van der Waals surface area contributed by atoms with Gasteiger partial charge in [0.2, 0.25) is 0 Å². The maximum absolute atomic E-state index is 11.9. The Labute approximate surface area is 187 Å². The number of carbonyl (C=O) groups is 1. The molecule has 4 nitrogen and oxygen atoms in total. The van der Waals surface area contributed by atoms with E-state index in [2.05, 4.69) is 53.4 Å². The number of ether oxygens (including phenoxy) is 1. The summed E-state index contributed by atoms with van der Waals surface area (Å²) in [5.41, 5.74) is 0. The summed E-state index contributed by atoms with van der Waals surface area (Å²) in [6.45, 7) is 24.7. The van der Waals surface area contributed by atoms with Gasteiger partial charge in [-0.15, -0.1) is 6.58 Å². The summed E-state index contributed by atoms with van der Waals surface area (Å²) in [7, 11) is -2.03. The number of esters is 1. The maximum atomic E-state index is 11.9. The van der Waals surface area contributed by atoms with E-state index in [0.29, 0.717) is 6.42 Å². The highest BCUT2D eigenvalue weighted by Crippen LogP contribution is 2.40. The molecule has 6 atom stereocenters. The van der Waals surface area contributed by atoms with Gasteiger partial charge in [-0.25, -0.2) is 0 Å². The molecular weight excluding hydrogens is 392 g/mol. The quantitative estimate of drug-likeness (QED) is 0.201. The molecule has 0 spiro atoms. The fourth-order valence-corrected chi connectivity index (χ4v) is 4.87. The third kappa shape index (κ3) is 9.07. The normalized spacial score (nSPS) is 19.0. The smallest absolute Gasteiger partial charge is 0.302 e. The number of aliphatic hydroxyl groups is 1. The van der Waals surface area contributed by atoms with E-state index >= 15 is 0 Å². The first-order valence-electron chi connectivity index (χ1n) is 11.5. The Hall–Kier alpha value is -0.913. The highest BCUT2D eigenvalue weighted by Gasteiger charge is 2.42. The second-order valence-electron chi connectivity index (χ2n) is 10.2. The molecule has 5 heteroatoms. The van der Waals surface area contributed by atoms with Gasteiger partial charge in [0.05, 0.1) is 12.2 Å². The summed E-state index contributed by atoms with van der Waals surface area (Å²) in [6.07, 6.45) is 7.21. The zero-order valence-corrected chi connectivity index (χ0v) is 22.2. The summed E-state index contributed by atoms with van der Waals surface area (Å²) in [5.74, 6) is -0.266. The molecule has 0 aromatic carbocycles. The molecule has 0 aromatic rings. The average Bonchev–Trinajstić information content (AvgIpc) is 2.63. The van der Waals surface area contributed by atoms with Crippen LogP contribution >= 0.6 is 0 Å². The minimum Gasteiger partial charge on any atom is -0.462 e. The second-order valence-corrected chi connectivity index (χ2v) is 15.0. The first-order chi connectivity index (χ1) is 13.7. The summed E-state index contributed by atoms with van der Waals surface area (Å²) < 4.78 is 12.5. The number of rotatable bonds is 13. The number of aliphatic hydroxyl groups excluding tert-OH is 1. The van der Waals surface area contributed by atoms with E-state index in [-0.39, 0.29) is 34.9 Å². The van der Waals surface area contributed by atoms with E-state index in [0.717, 1.165) is 12.8 Å². The van der Waals surface area contributed by atoms with Crippen molar-refractivity contribution in [3.8, 4) is 0 Å². The fraction of sp³-hybridized carbons (Fsp3) is 0.800. The van der Waals surface area contributed by atoms with Gasteiger partial charge >= 0.3 is 5.97 Å². The third-order valence-electron chi connectivity index (χ3n) is 6.74. The van der Waals surface area contributed by atoms with Crippen molar-refractivity contribution in [3.63, 3.8) is 0 Å². The van der Waals surface area contributed by atoms with Crippen LogP contribution in [0.25, 0.3) is 0 Å². The molecule has 176 valence electrons. The van der Waals surface area contributed by atoms with Crippen LogP contribution in [-0.4, -0.2) is 37.7 Å². The lowest BCUT2D eigenvalue weighted by Crippen LogP contribution is -2.48. The maximum Gasteiger partial charge on any atom is 0.302 e. The van der Waals surface area contributed by atoms with Gasteiger partial charge in [0.15, 0.2) is 8.32 Å². The van der Waals surface area contributed by atoms with Gasteiger partial charge in [0.25, 0.3) is 0 Å². The van der Waals surface area contributed by atoms with Crippen LogP contribution < -0.4 is 0 Å². The van der Waals surface area contributed by atoms with Gasteiger partial charge < -0.3 is 14.3 Å². The zero-order valence-electron chi connectivity index (χ0n) is 21.2. The van der Waals surface area contributed by atoms with Gasteiger partial charge in [-0.1, -0.05) is 59.8 Å². The van der Waals surface area contributed by atoms with Gasteiger partial charge in [-0.3, -0.25) is 4.79 Å². The number of carbonyl (C=O) groups excluding carboxylic acids is 1. The Kier molecular flexibility index (Phi) is 12.4. The standard InChI is InChI=1S/C25H48O4Si/c1-12-15-16-18(4)24(27)19(5)22(28-20(6)26)17-23(21(13-2)14-3)29-30(10,11)25(7,8)9/h12-13,15,18-19,21-24,27H,2,14,16-17H2,1,3-11H3/b15-12+/t18-,19-,21-,22+,23+,24+/m0/s1. The summed E-state index contributed by atoms with van der Waals surface area (Å²) >= 11 is 0. The van der Waals surface area contributed by atoms with Crippen LogP contribution in [0.15, 0.2) is 24.8 Å². The molecule has 1 N–H and O–H groups in total. The van der Waals surface area contributed by atoms with E-state index in [1.54, 1.807) is 0 Å². The van der Waals surface area contributed by atoms with E-state index in [9.17, 15) is 9.90 Å². The van der Waals surface area contributed by atoms with Gasteiger partial charge in [-0.05, 0) is 43.8 Å². The Bertz CT molecular complexity index is 550. The molecule has 0 heterocycles. The molecular formula is C25H48O4Si. The molecule has 0 saturated carbocycles. The Morgan fingerprint density at radius 2 is 1.77 bits per heavy atom. The monoisotopic (exact) mass is 440 g/mol. The zero-order chi connectivity index (χ0) is 23.7. The van der Waals surface area contributed by atoms with Crippen molar-refractivity contribution in [3.05, 3.63) is 24.8 Å². The summed E-state index contributed by atoms with van der Waals surface area (Å²) in [6, 6.07) is 0. The lowest BCUT2D eigenvalue weighted by Gasteiger charge is -2.42. The van der Waals surface area contributed by atoms with Crippen molar-refractivity contribution in [2.45, 2.75) is 111 Å². The highest BCUT2D eigenvalue weighted by molar-refractivity contribution is 6.74. The van der Waals surface area contributed by atoms with Gasteiger partial charge in [0, 0.05) is 25.2 Å². The molecule has 0 bridgehead atoms. The topological polar surface area (TPSA) is 55.8 Å². The van der Waals surface area contributed by atoms with Crippen LogP contribution in [0, 0.1) is 17.8 Å². The number of hydrogen-bond acceptors (Lipinski definition) is 4. The van der Waals surface area contributed by atoms with E-state index in [1.807, 2.05) is 32.9 Å². The molecule has 0 aliphatic rings. The average molecular weight is 441 g/mol. The van der Waals surface area contributed by atoms with Crippen molar-refractivity contribution in [2.24, 2.45) is 17.8 Å². The van der Waals surface area contributed by atoms with Crippen LogP contribution in [0.1, 0.15) is 74.7 Å². The predicted octanol–water partition coefficient (Wildman–Crippen LogP) is 6.51. The minimum absolute atomic E-state index is 0.0772. The lowest BCUT2D eigenvalue weighted by molar-refractivity contribution is -0.154. The van der Waals surface area contributed by atoms with Crippen molar-refractivity contribution >= 4 is 14.3 Å². The largest absolute Gasteiger partial charge is 0.462 e.